The molecule has 236 valence electrons. The smallest absolute Gasteiger partial charge is 0.388 e. The van der Waals surface area contributed by atoms with E-state index in [4.69, 9.17) is 19.4 Å². The summed E-state index contributed by atoms with van der Waals surface area (Å²) in [6.07, 6.45) is -1.97. The molecule has 1 aliphatic carbocycles. The molecule has 0 saturated heterocycles. The molecule has 3 aliphatic rings. The van der Waals surface area contributed by atoms with Crippen LogP contribution in [0.25, 0.3) is 5.70 Å². The predicted molar refractivity (Wildman–Crippen MR) is 168 cm³/mol. The molecule has 6 rings (SSSR count). The first-order chi connectivity index (χ1) is 21.0. The Kier molecular flexibility index (Phi) is 9.89. The molecule has 1 atom stereocenters. The zero-order valence-electron chi connectivity index (χ0n) is 24.6. The number of halogens is 6. The Bertz CT molecular complexity index is 1580. The second-order valence-corrected chi connectivity index (χ2v) is 11.4. The fourth-order valence-electron chi connectivity index (χ4n) is 5.06. The van der Waals surface area contributed by atoms with E-state index < -0.39 is 23.2 Å². The molecule has 0 bridgehead atoms. The van der Waals surface area contributed by atoms with Gasteiger partial charge in [-0.3, -0.25) is 4.79 Å². The van der Waals surface area contributed by atoms with Crippen molar-refractivity contribution in [3.8, 4) is 0 Å². The predicted octanol–water partition coefficient (Wildman–Crippen LogP) is 7.28. The minimum Gasteiger partial charge on any atom is -0.388 e. The number of alkyl halides is 3. The molecule has 2 heterocycles. The van der Waals surface area contributed by atoms with Crippen LogP contribution in [0.4, 0.5) is 39.0 Å². The fourth-order valence-corrected chi connectivity index (χ4v) is 5.18. The second-order valence-electron chi connectivity index (χ2n) is 11.0. The summed E-state index contributed by atoms with van der Waals surface area (Å²) in [5, 5.41) is 17.8. The van der Waals surface area contributed by atoms with Crippen molar-refractivity contribution in [2.24, 2.45) is 5.92 Å². The van der Waals surface area contributed by atoms with Crippen LogP contribution in [-0.2, 0) is 12.7 Å². The lowest BCUT2D eigenvalue weighted by Crippen LogP contribution is -2.47. The molecule has 3 N–H and O–H groups in total. The number of anilines is 3. The molecule has 6 nitrogen and oxygen atoms in total. The van der Waals surface area contributed by atoms with Crippen LogP contribution >= 0.6 is 11.6 Å². The monoisotopic (exact) mass is 644 g/mol. The van der Waals surface area contributed by atoms with Gasteiger partial charge in [0.05, 0.1) is 22.6 Å². The van der Waals surface area contributed by atoms with E-state index in [0.29, 0.717) is 29.6 Å². The quantitative estimate of drug-likeness (QED) is 0.154. The summed E-state index contributed by atoms with van der Waals surface area (Å²) in [4.78, 5) is 14.0. The summed E-state index contributed by atoms with van der Waals surface area (Å²) >= 11 is 5.44. The van der Waals surface area contributed by atoms with E-state index in [-0.39, 0.29) is 17.7 Å². The third kappa shape index (κ3) is 7.80. The summed E-state index contributed by atoms with van der Waals surface area (Å²) < 4.78 is 60.5. The van der Waals surface area contributed by atoms with Crippen LogP contribution in [0.1, 0.15) is 46.8 Å². The van der Waals surface area contributed by atoms with Gasteiger partial charge in [-0.05, 0) is 74.2 Å². The van der Waals surface area contributed by atoms with Gasteiger partial charge in [0.2, 0.25) is 0 Å². The maximum absolute atomic E-state index is 12.5. The van der Waals surface area contributed by atoms with E-state index in [9.17, 15) is 31.9 Å². The molecular weight excluding hydrogens is 614 g/mol. The number of fused-ring (bicyclic) bond motifs is 3. The molecule has 1 saturated carbocycles. The molecule has 3 aromatic rings. The average molecular weight is 645 g/mol. The first kappa shape index (κ1) is 33.9. The number of nitrogens with zero attached hydrogens (tertiary/aromatic N) is 2. The summed E-state index contributed by atoms with van der Waals surface area (Å²) in [5.74, 6) is 0.0794. The van der Waals surface area contributed by atoms with E-state index in [1.165, 1.54) is 37.1 Å². The number of nitrogens with one attached hydrogen (secondary N) is 2. The van der Waals surface area contributed by atoms with Crippen molar-refractivity contribution in [2.45, 2.75) is 38.1 Å². The van der Waals surface area contributed by atoms with Crippen molar-refractivity contribution in [2.75, 3.05) is 28.7 Å². The van der Waals surface area contributed by atoms with Gasteiger partial charge in [0.25, 0.3) is 0 Å². The highest BCUT2D eigenvalue weighted by Crippen LogP contribution is 2.53. The van der Waals surface area contributed by atoms with Crippen LogP contribution in [0.15, 0.2) is 67.5 Å². The van der Waals surface area contributed by atoms with Gasteiger partial charge in [0, 0.05) is 53.2 Å². The zero-order chi connectivity index (χ0) is 33.3. The molecule has 0 amide bonds. The van der Waals surface area contributed by atoms with Crippen molar-refractivity contribution in [1.29, 1.82) is 0 Å². The van der Waals surface area contributed by atoms with Gasteiger partial charge in [-0.25, -0.2) is 8.78 Å². The van der Waals surface area contributed by atoms with E-state index in [1.54, 1.807) is 11.8 Å². The maximum Gasteiger partial charge on any atom is 0.416 e. The number of hydrogen-bond donors (Lipinski definition) is 3. The van der Waals surface area contributed by atoms with Crippen LogP contribution in [-0.4, -0.2) is 38.5 Å². The van der Waals surface area contributed by atoms with Crippen LogP contribution in [0.3, 0.4) is 0 Å². The lowest BCUT2D eigenvalue weighted by molar-refractivity contribution is -0.137. The Hall–Kier alpha value is -4.03. The lowest BCUT2D eigenvalue weighted by atomic mass is 9.90. The normalized spacial score (nSPS) is 16.4. The van der Waals surface area contributed by atoms with E-state index in [1.807, 2.05) is 7.05 Å². The minimum atomic E-state index is -4.63. The SMILES string of the molecule is Fc1ccc(Cl)cc1.O=Cc1cc(F)cc(C(F)(F)F)c1.[B]C(C)(O)N1C(=C)N(CC2CC2)c2cc(NC)c3c(c21)C(=C)NC3. The molecule has 45 heavy (non-hydrogen) atoms. The van der Waals surface area contributed by atoms with Gasteiger partial charge < -0.3 is 25.5 Å². The Morgan fingerprint density at radius 2 is 1.76 bits per heavy atom. The fraction of sp³-hybridized carbons (Fsp3) is 0.281. The standard InChI is InChI=1S/C18H23BN4O.C8H4F4O.C6H4ClF/c1-10-16-13(8-21-10)14(20-4)7-15-17(16)23(18(3,19)24)11(2)22(15)9-12-5-6-12;9-7-2-5(4-13)1-6(3-7)8(10,11)12;7-5-1-3-6(8)4-2-5/h7,12,20-21,24H,1-2,5-6,8-9H2,3-4H3;1-4H;1-4H. The lowest BCUT2D eigenvalue weighted by Gasteiger charge is -2.35. The highest BCUT2D eigenvalue weighted by Gasteiger charge is 2.43. The first-order valence-electron chi connectivity index (χ1n) is 13.9. The summed E-state index contributed by atoms with van der Waals surface area (Å²) in [6.45, 7) is 11.6. The molecule has 13 heteroatoms. The van der Waals surface area contributed by atoms with Crippen LogP contribution in [0, 0.1) is 17.6 Å². The van der Waals surface area contributed by atoms with Crippen LogP contribution < -0.4 is 20.4 Å². The van der Waals surface area contributed by atoms with Gasteiger partial charge in [-0.2, -0.15) is 13.2 Å². The van der Waals surface area contributed by atoms with Crippen molar-refractivity contribution in [3.05, 3.63) is 106 Å². The number of carbonyl (C=O) groups excluding carboxylic acids is 1. The van der Waals surface area contributed by atoms with Crippen molar-refractivity contribution >= 4 is 48.5 Å². The first-order valence-corrected chi connectivity index (χ1v) is 14.3. The Labute approximate surface area is 264 Å². The Morgan fingerprint density at radius 1 is 1.11 bits per heavy atom. The maximum atomic E-state index is 12.5. The number of aliphatic hydroxyl groups is 1. The van der Waals surface area contributed by atoms with E-state index in [2.05, 4.69) is 34.8 Å². The molecular formula is C32H31BClF5N4O2. The highest BCUT2D eigenvalue weighted by molar-refractivity contribution is 6.30. The van der Waals surface area contributed by atoms with Gasteiger partial charge in [-0.1, -0.05) is 24.8 Å². The Morgan fingerprint density at radius 3 is 2.27 bits per heavy atom. The second kappa shape index (κ2) is 13.1. The molecule has 2 radical (unpaired) electrons. The largest absolute Gasteiger partial charge is 0.416 e. The molecule has 0 spiro atoms. The molecule has 0 aromatic heterocycles. The molecule has 1 fully saturated rings. The van der Waals surface area contributed by atoms with E-state index >= 15 is 0 Å². The van der Waals surface area contributed by atoms with Gasteiger partial charge in [-0.15, -0.1) is 0 Å². The average Bonchev–Trinajstić information content (AvgIpc) is 3.64. The zero-order valence-corrected chi connectivity index (χ0v) is 25.4. The molecule has 2 aliphatic heterocycles. The highest BCUT2D eigenvalue weighted by atomic mass is 35.5. The van der Waals surface area contributed by atoms with Crippen molar-refractivity contribution in [3.63, 3.8) is 0 Å². The third-order valence-electron chi connectivity index (χ3n) is 7.30. The number of carbonyl (C=O) groups is 1. The minimum absolute atomic E-state index is 0.165. The van der Waals surface area contributed by atoms with Crippen LogP contribution in [0.5, 0.6) is 0 Å². The number of benzene rings is 3. The number of aldehydes is 1. The van der Waals surface area contributed by atoms with Crippen molar-refractivity contribution < 1.29 is 31.9 Å². The summed E-state index contributed by atoms with van der Waals surface area (Å²) in [7, 11) is 8.02. The van der Waals surface area contributed by atoms with Gasteiger partial charge in [0.1, 0.15) is 31.6 Å². The summed E-state index contributed by atoms with van der Waals surface area (Å²) in [6, 6.07) is 9.47. The third-order valence-corrected chi connectivity index (χ3v) is 7.55. The van der Waals surface area contributed by atoms with Crippen LogP contribution in [0.2, 0.25) is 5.02 Å². The van der Waals surface area contributed by atoms with Gasteiger partial charge in [0.15, 0.2) is 0 Å². The summed E-state index contributed by atoms with van der Waals surface area (Å²) in [5.41, 5.74) is 3.01. The molecule has 3 aromatic carbocycles. The molecule has 1 unspecified atom stereocenters. The number of rotatable bonds is 5. The van der Waals surface area contributed by atoms with Crippen molar-refractivity contribution in [1.82, 2.24) is 5.32 Å². The van der Waals surface area contributed by atoms with E-state index in [0.717, 1.165) is 52.3 Å². The van der Waals surface area contributed by atoms with Gasteiger partial charge >= 0.3 is 6.18 Å². The topological polar surface area (TPSA) is 67.8 Å². The number of hydrogen-bond acceptors (Lipinski definition) is 6. The Balaban J connectivity index is 0.000000183.